The molecule has 0 unspecified atom stereocenters. The second kappa shape index (κ2) is 7.41. The van der Waals surface area contributed by atoms with Gasteiger partial charge < -0.3 is 4.57 Å². The van der Waals surface area contributed by atoms with E-state index in [2.05, 4.69) is 41.6 Å². The Morgan fingerprint density at radius 2 is 1.84 bits per heavy atom. The molecule has 0 amide bonds. The van der Waals surface area contributed by atoms with E-state index in [1.165, 1.54) is 0 Å². The summed E-state index contributed by atoms with van der Waals surface area (Å²) in [6, 6.07) is 12.3. The van der Waals surface area contributed by atoms with Crippen LogP contribution in [0.5, 0.6) is 0 Å². The number of nitrogens with zero attached hydrogens (tertiary/aromatic N) is 2. The highest BCUT2D eigenvalue weighted by Crippen LogP contribution is 2.27. The van der Waals surface area contributed by atoms with Crippen LogP contribution in [0.25, 0.3) is 5.69 Å². The summed E-state index contributed by atoms with van der Waals surface area (Å²) >= 11 is 6.60. The average molecular weight is 485 g/mol. The Hall–Kier alpha value is -1.48. The minimum Gasteiger partial charge on any atom is -0.306 e. The molecule has 8 heteroatoms. The molecule has 0 aliphatic rings. The second-order valence-corrected chi connectivity index (χ2v) is 8.93. The van der Waals surface area contributed by atoms with Crippen LogP contribution in [0.1, 0.15) is 18.5 Å². The summed E-state index contributed by atoms with van der Waals surface area (Å²) in [5.74, 6) is 0. The standard InChI is InChI=1S/C17H15Br2N3O2S/c1-12(13-2-5-15(6-3-13)22-9-8-20-11-22)21-25(23,24)17-10-14(18)4-7-16(17)19/h2-12,21H,1H3/t12-/m0/s1. The van der Waals surface area contributed by atoms with Crippen LogP contribution < -0.4 is 4.72 Å². The predicted molar refractivity (Wildman–Crippen MR) is 104 cm³/mol. The zero-order chi connectivity index (χ0) is 18.0. The zero-order valence-electron chi connectivity index (χ0n) is 13.2. The number of imidazole rings is 1. The molecule has 0 saturated heterocycles. The van der Waals surface area contributed by atoms with Gasteiger partial charge in [0.05, 0.1) is 11.2 Å². The molecule has 1 aromatic heterocycles. The summed E-state index contributed by atoms with van der Waals surface area (Å²) in [5.41, 5.74) is 1.84. The first-order valence-corrected chi connectivity index (χ1v) is 10.5. The lowest BCUT2D eigenvalue weighted by Gasteiger charge is -2.16. The van der Waals surface area contributed by atoms with Crippen LogP contribution in [0.15, 0.2) is 75.0 Å². The lowest BCUT2D eigenvalue weighted by molar-refractivity contribution is 0.566. The van der Waals surface area contributed by atoms with E-state index in [1.54, 1.807) is 30.7 Å². The van der Waals surface area contributed by atoms with Crippen molar-refractivity contribution in [1.82, 2.24) is 14.3 Å². The number of benzene rings is 2. The van der Waals surface area contributed by atoms with Crippen LogP contribution in [0.3, 0.4) is 0 Å². The van der Waals surface area contributed by atoms with Gasteiger partial charge in [-0.15, -0.1) is 0 Å². The number of aromatic nitrogens is 2. The minimum atomic E-state index is -3.66. The fourth-order valence-corrected chi connectivity index (χ4v) is 5.13. The first-order valence-electron chi connectivity index (χ1n) is 7.42. The van der Waals surface area contributed by atoms with Crippen molar-refractivity contribution in [3.63, 3.8) is 0 Å². The van der Waals surface area contributed by atoms with E-state index in [1.807, 2.05) is 42.0 Å². The van der Waals surface area contributed by atoms with Gasteiger partial charge in [-0.25, -0.2) is 18.1 Å². The van der Waals surface area contributed by atoms with E-state index >= 15 is 0 Å². The summed E-state index contributed by atoms with van der Waals surface area (Å²) in [6.45, 7) is 1.82. The number of halogens is 2. The van der Waals surface area contributed by atoms with Gasteiger partial charge >= 0.3 is 0 Å². The van der Waals surface area contributed by atoms with Gasteiger partial charge in [0.1, 0.15) is 0 Å². The minimum absolute atomic E-state index is 0.198. The number of hydrogen-bond acceptors (Lipinski definition) is 3. The molecule has 25 heavy (non-hydrogen) atoms. The molecule has 0 fully saturated rings. The Kier molecular flexibility index (Phi) is 5.43. The van der Waals surface area contributed by atoms with Gasteiger partial charge in [-0.2, -0.15) is 0 Å². The van der Waals surface area contributed by atoms with Crippen molar-refractivity contribution in [1.29, 1.82) is 0 Å². The monoisotopic (exact) mass is 483 g/mol. The van der Waals surface area contributed by atoms with Crippen LogP contribution in [0.4, 0.5) is 0 Å². The molecule has 5 nitrogen and oxygen atoms in total. The van der Waals surface area contributed by atoms with Crippen molar-refractivity contribution in [2.45, 2.75) is 17.9 Å². The quantitative estimate of drug-likeness (QED) is 0.582. The van der Waals surface area contributed by atoms with Crippen molar-refractivity contribution in [3.05, 3.63) is 75.7 Å². The highest BCUT2D eigenvalue weighted by molar-refractivity contribution is 9.11. The summed E-state index contributed by atoms with van der Waals surface area (Å²) < 4.78 is 31.2. The molecule has 0 aliphatic carbocycles. The van der Waals surface area contributed by atoms with Crippen LogP contribution in [-0.4, -0.2) is 18.0 Å². The lowest BCUT2D eigenvalue weighted by Crippen LogP contribution is -2.27. The summed E-state index contributed by atoms with van der Waals surface area (Å²) in [5, 5.41) is 0. The van der Waals surface area contributed by atoms with Gasteiger partial charge in [0.2, 0.25) is 10.0 Å². The smallest absolute Gasteiger partial charge is 0.242 e. The topological polar surface area (TPSA) is 64.0 Å². The Morgan fingerprint density at radius 1 is 1.12 bits per heavy atom. The molecule has 1 atom stereocenters. The third-order valence-electron chi connectivity index (χ3n) is 3.71. The summed E-state index contributed by atoms with van der Waals surface area (Å²) in [6.07, 6.45) is 5.28. The van der Waals surface area contributed by atoms with Crippen molar-refractivity contribution in [2.24, 2.45) is 0 Å². The number of nitrogens with one attached hydrogen (secondary N) is 1. The Labute approximate surface area is 163 Å². The van der Waals surface area contributed by atoms with E-state index in [9.17, 15) is 8.42 Å². The average Bonchev–Trinajstić information content (AvgIpc) is 3.11. The van der Waals surface area contributed by atoms with Gasteiger partial charge in [0.25, 0.3) is 0 Å². The fourth-order valence-electron chi connectivity index (χ4n) is 2.39. The molecule has 0 bridgehead atoms. The number of sulfonamides is 1. The molecular weight excluding hydrogens is 470 g/mol. The first kappa shape index (κ1) is 18.3. The van der Waals surface area contributed by atoms with Gasteiger partial charge in [-0.1, -0.05) is 28.1 Å². The van der Waals surface area contributed by atoms with E-state index in [4.69, 9.17) is 0 Å². The van der Waals surface area contributed by atoms with Crippen molar-refractivity contribution < 1.29 is 8.42 Å². The molecule has 0 spiro atoms. The van der Waals surface area contributed by atoms with E-state index in [0.717, 1.165) is 11.3 Å². The third-order valence-corrected chi connectivity index (χ3v) is 6.74. The maximum atomic E-state index is 12.7. The zero-order valence-corrected chi connectivity index (χ0v) is 17.2. The SMILES string of the molecule is C[C@H](NS(=O)(=O)c1cc(Br)ccc1Br)c1ccc(-n2ccnc2)cc1. The van der Waals surface area contributed by atoms with Gasteiger partial charge in [-0.05, 0) is 58.7 Å². The van der Waals surface area contributed by atoms with Crippen molar-refractivity contribution in [2.75, 3.05) is 0 Å². The molecule has 0 saturated carbocycles. The van der Waals surface area contributed by atoms with Gasteiger partial charge in [0, 0.05) is 33.1 Å². The van der Waals surface area contributed by atoms with E-state index in [-0.39, 0.29) is 10.9 Å². The largest absolute Gasteiger partial charge is 0.306 e. The Morgan fingerprint density at radius 3 is 2.48 bits per heavy atom. The third kappa shape index (κ3) is 4.20. The van der Waals surface area contributed by atoms with Crippen LogP contribution in [0.2, 0.25) is 0 Å². The van der Waals surface area contributed by atoms with Crippen molar-refractivity contribution in [3.8, 4) is 5.69 Å². The Balaban J connectivity index is 1.81. The molecule has 1 N–H and O–H groups in total. The molecule has 2 aromatic carbocycles. The number of hydrogen-bond donors (Lipinski definition) is 1. The molecule has 1 heterocycles. The summed E-state index contributed by atoms with van der Waals surface area (Å²) in [7, 11) is -3.66. The molecule has 130 valence electrons. The highest BCUT2D eigenvalue weighted by Gasteiger charge is 2.21. The maximum absolute atomic E-state index is 12.7. The van der Waals surface area contributed by atoms with Crippen LogP contribution in [-0.2, 0) is 10.0 Å². The summed E-state index contributed by atoms with van der Waals surface area (Å²) in [4.78, 5) is 4.21. The normalized spacial score (nSPS) is 12.9. The maximum Gasteiger partial charge on any atom is 0.242 e. The highest BCUT2D eigenvalue weighted by atomic mass is 79.9. The molecule has 0 aliphatic heterocycles. The van der Waals surface area contributed by atoms with Crippen LogP contribution in [0, 0.1) is 0 Å². The van der Waals surface area contributed by atoms with Crippen molar-refractivity contribution >= 4 is 41.9 Å². The molecule has 3 aromatic rings. The van der Waals surface area contributed by atoms with Crippen LogP contribution >= 0.6 is 31.9 Å². The van der Waals surface area contributed by atoms with Gasteiger partial charge in [-0.3, -0.25) is 0 Å². The van der Waals surface area contributed by atoms with Gasteiger partial charge in [0.15, 0.2) is 0 Å². The second-order valence-electron chi connectivity index (χ2n) is 5.48. The molecule has 0 radical (unpaired) electrons. The Bertz CT molecular complexity index is 972. The van der Waals surface area contributed by atoms with E-state index < -0.39 is 10.0 Å². The fraction of sp³-hybridized carbons (Fsp3) is 0.118. The van der Waals surface area contributed by atoms with E-state index in [0.29, 0.717) is 8.95 Å². The number of rotatable bonds is 5. The predicted octanol–water partition coefficient (Wildman–Crippen LogP) is 4.44. The molecular formula is C17H15Br2N3O2S. The lowest BCUT2D eigenvalue weighted by atomic mass is 10.1. The first-order chi connectivity index (χ1) is 11.9. The molecule has 3 rings (SSSR count).